The number of carbonyl (C=O) groups excluding carboxylic acids is 2. The van der Waals surface area contributed by atoms with E-state index in [2.05, 4.69) is 10.3 Å². The Morgan fingerprint density at radius 1 is 1.18 bits per heavy atom. The maximum absolute atomic E-state index is 12.6. The fourth-order valence-corrected chi connectivity index (χ4v) is 5.16. The topological polar surface area (TPSA) is 149 Å². The zero-order valence-electron chi connectivity index (χ0n) is 19.8. The summed E-state index contributed by atoms with van der Waals surface area (Å²) < 4.78 is 17.8. The van der Waals surface area contributed by atoms with Gasteiger partial charge < -0.3 is 29.7 Å². The second-order valence-electron chi connectivity index (χ2n) is 9.13. The number of pyridine rings is 1. The van der Waals surface area contributed by atoms with Crippen LogP contribution in [0, 0.1) is 0 Å². The third kappa shape index (κ3) is 5.91. The molecule has 10 heteroatoms. The molecular formula is C23H32N2O7P-. The molecule has 182 valence electrons. The molecule has 0 aliphatic heterocycles. The predicted octanol–water partition coefficient (Wildman–Crippen LogP) is 3.31. The minimum absolute atomic E-state index is 0.0618. The molecule has 1 aromatic heterocycles. The van der Waals surface area contributed by atoms with Gasteiger partial charge in [0, 0.05) is 17.8 Å². The number of hydrogen-bond donors (Lipinski definition) is 3. The van der Waals surface area contributed by atoms with Crippen molar-refractivity contribution < 1.29 is 33.8 Å². The molecule has 1 heterocycles. The van der Waals surface area contributed by atoms with Gasteiger partial charge in [-0.15, -0.1) is 0 Å². The summed E-state index contributed by atoms with van der Waals surface area (Å²) in [6.45, 7) is 10.1. The van der Waals surface area contributed by atoms with E-state index in [0.29, 0.717) is 16.5 Å². The van der Waals surface area contributed by atoms with E-state index in [9.17, 15) is 29.0 Å². The molecule has 1 atom stereocenters. The number of alkyl carbamates (subject to hydrolysis) is 1. The number of rotatable bonds is 8. The summed E-state index contributed by atoms with van der Waals surface area (Å²) >= 11 is 0. The number of carboxylic acid groups (broad SMARTS) is 1. The van der Waals surface area contributed by atoms with Crippen molar-refractivity contribution in [3.8, 4) is 0 Å². The van der Waals surface area contributed by atoms with Crippen molar-refractivity contribution in [2.24, 2.45) is 0 Å². The minimum Gasteiger partial charge on any atom is -0.549 e. The maximum Gasteiger partial charge on any atom is 0.407 e. The van der Waals surface area contributed by atoms with Crippen molar-refractivity contribution >= 4 is 30.6 Å². The lowest BCUT2D eigenvalue weighted by atomic mass is 9.86. The first-order valence-corrected chi connectivity index (χ1v) is 12.4. The summed E-state index contributed by atoms with van der Waals surface area (Å²) in [7, 11) is -4.67. The quantitative estimate of drug-likeness (QED) is 0.488. The predicted molar refractivity (Wildman–Crippen MR) is 123 cm³/mol. The number of fused-ring (bicyclic) bond motifs is 1. The van der Waals surface area contributed by atoms with Crippen molar-refractivity contribution in [2.45, 2.75) is 77.6 Å². The number of amides is 1. The van der Waals surface area contributed by atoms with Gasteiger partial charge in [-0.25, -0.2) is 4.79 Å². The lowest BCUT2D eigenvalue weighted by Gasteiger charge is -2.35. The van der Waals surface area contributed by atoms with Gasteiger partial charge in [-0.3, -0.25) is 9.55 Å². The van der Waals surface area contributed by atoms with E-state index in [1.54, 1.807) is 58.9 Å². The first-order chi connectivity index (χ1) is 15.1. The largest absolute Gasteiger partial charge is 0.549 e. The van der Waals surface area contributed by atoms with Crippen LogP contribution in [0.5, 0.6) is 0 Å². The Bertz CT molecular complexity index is 1080. The number of carbonyl (C=O) groups is 2. The normalized spacial score (nSPS) is 13.6. The van der Waals surface area contributed by atoms with Crippen molar-refractivity contribution in [1.29, 1.82) is 0 Å². The third-order valence-corrected chi connectivity index (χ3v) is 7.73. The van der Waals surface area contributed by atoms with Gasteiger partial charge in [0.1, 0.15) is 5.60 Å². The van der Waals surface area contributed by atoms with Crippen LogP contribution in [0.2, 0.25) is 0 Å². The Morgan fingerprint density at radius 3 is 2.27 bits per heavy atom. The van der Waals surface area contributed by atoms with E-state index >= 15 is 0 Å². The molecule has 2 rings (SSSR count). The monoisotopic (exact) mass is 479 g/mol. The van der Waals surface area contributed by atoms with Crippen LogP contribution >= 0.6 is 7.60 Å². The van der Waals surface area contributed by atoms with Crippen molar-refractivity contribution in [2.75, 3.05) is 0 Å². The zero-order valence-corrected chi connectivity index (χ0v) is 20.7. The van der Waals surface area contributed by atoms with Gasteiger partial charge in [0.15, 0.2) is 0 Å². The van der Waals surface area contributed by atoms with Gasteiger partial charge in [0.05, 0.1) is 22.3 Å². The standard InChI is InChI=1S/C23H33N2O7P/c1-7-23(8-2,33(29,30)31)17-12-16-10-9-15(13-24-21(28)32-22(4,5)6)11-18(16)25-19(17)14(3)20(26)27/h9-12,14H,7-8,13H2,1-6H3,(H,24,28)(H,26,27)(H2,29,30,31)/p-1. The van der Waals surface area contributed by atoms with E-state index in [1.807, 2.05) is 0 Å². The SMILES string of the molecule is CCC(CC)(c1cc2ccc(CNC(=O)OC(C)(C)C)cc2nc1C(C)C(=O)[O-])P(=O)(O)O. The molecule has 1 aromatic carbocycles. The number of benzene rings is 1. The van der Waals surface area contributed by atoms with Crippen LogP contribution in [-0.4, -0.2) is 32.4 Å². The first-order valence-electron chi connectivity index (χ1n) is 10.8. The molecule has 1 unspecified atom stereocenters. The van der Waals surface area contributed by atoms with Crippen LogP contribution in [-0.2, 0) is 25.8 Å². The summed E-state index contributed by atoms with van der Waals surface area (Å²) in [5, 5.41) is 13.4. The Labute approximate surface area is 193 Å². The van der Waals surface area contributed by atoms with Gasteiger partial charge in [-0.05, 0) is 56.9 Å². The van der Waals surface area contributed by atoms with E-state index in [-0.39, 0.29) is 30.6 Å². The number of hydrogen-bond acceptors (Lipinski definition) is 6. The van der Waals surface area contributed by atoms with E-state index in [4.69, 9.17) is 4.74 Å². The van der Waals surface area contributed by atoms with Crippen molar-refractivity contribution in [1.82, 2.24) is 10.3 Å². The molecule has 33 heavy (non-hydrogen) atoms. The summed E-state index contributed by atoms with van der Waals surface area (Å²) in [6, 6.07) is 6.78. The second-order valence-corrected chi connectivity index (χ2v) is 11.1. The van der Waals surface area contributed by atoms with Gasteiger partial charge in [0.2, 0.25) is 0 Å². The number of aliphatic carboxylic acids is 1. The van der Waals surface area contributed by atoms with Gasteiger partial charge in [-0.2, -0.15) is 0 Å². The van der Waals surface area contributed by atoms with E-state index in [0.717, 1.165) is 0 Å². The molecule has 3 N–H and O–H groups in total. The van der Waals surface area contributed by atoms with E-state index in [1.165, 1.54) is 6.92 Å². The molecule has 0 aliphatic rings. The highest BCUT2D eigenvalue weighted by Gasteiger charge is 2.47. The Balaban J connectivity index is 2.59. The van der Waals surface area contributed by atoms with Gasteiger partial charge in [-0.1, -0.05) is 32.9 Å². The third-order valence-electron chi connectivity index (χ3n) is 5.74. The van der Waals surface area contributed by atoms with Gasteiger partial charge >= 0.3 is 13.7 Å². The second kappa shape index (κ2) is 9.79. The number of ether oxygens (including phenoxy) is 1. The van der Waals surface area contributed by atoms with Crippen LogP contribution in [0.15, 0.2) is 24.3 Å². The van der Waals surface area contributed by atoms with E-state index < -0.39 is 36.3 Å². The van der Waals surface area contributed by atoms with Crippen LogP contribution in [0.4, 0.5) is 4.79 Å². The number of nitrogens with zero attached hydrogens (tertiary/aromatic N) is 1. The highest BCUT2D eigenvalue weighted by Crippen LogP contribution is 2.62. The molecule has 2 aromatic rings. The Hall–Kier alpha value is -2.48. The molecule has 1 amide bonds. The molecule has 0 bridgehead atoms. The average Bonchev–Trinajstić information content (AvgIpc) is 2.70. The zero-order chi connectivity index (χ0) is 25.2. The van der Waals surface area contributed by atoms with Crippen molar-refractivity contribution in [3.05, 3.63) is 41.1 Å². The molecule has 0 saturated heterocycles. The summed E-state index contributed by atoms with van der Waals surface area (Å²) in [6.07, 6.45) is -0.369. The van der Waals surface area contributed by atoms with Crippen LogP contribution in [0.1, 0.15) is 77.1 Å². The highest BCUT2D eigenvalue weighted by atomic mass is 31.2. The first kappa shape index (κ1) is 26.8. The lowest BCUT2D eigenvalue weighted by molar-refractivity contribution is -0.307. The molecule has 0 aliphatic carbocycles. The van der Waals surface area contributed by atoms with Crippen LogP contribution in [0.25, 0.3) is 10.9 Å². The fraction of sp³-hybridized carbons (Fsp3) is 0.522. The molecule has 0 fully saturated rings. The smallest absolute Gasteiger partial charge is 0.407 e. The number of aromatic nitrogens is 1. The molecule has 0 radical (unpaired) electrons. The highest BCUT2D eigenvalue weighted by molar-refractivity contribution is 7.53. The van der Waals surface area contributed by atoms with Crippen LogP contribution < -0.4 is 10.4 Å². The summed E-state index contributed by atoms with van der Waals surface area (Å²) in [5.74, 6) is -2.57. The Kier molecular flexibility index (Phi) is 7.94. The van der Waals surface area contributed by atoms with Crippen LogP contribution in [0.3, 0.4) is 0 Å². The minimum atomic E-state index is -4.67. The number of nitrogens with one attached hydrogen (secondary N) is 1. The average molecular weight is 479 g/mol. The number of carboxylic acids is 1. The van der Waals surface area contributed by atoms with Crippen molar-refractivity contribution in [3.63, 3.8) is 0 Å². The van der Waals surface area contributed by atoms with Gasteiger partial charge in [0.25, 0.3) is 0 Å². The summed E-state index contributed by atoms with van der Waals surface area (Å²) in [4.78, 5) is 48.6. The fourth-order valence-electron chi connectivity index (χ4n) is 3.84. The molecular weight excluding hydrogens is 447 g/mol. The molecule has 9 nitrogen and oxygen atoms in total. The Morgan fingerprint density at radius 2 is 1.79 bits per heavy atom. The summed E-state index contributed by atoms with van der Waals surface area (Å²) in [5.41, 5.74) is 0.784. The maximum atomic E-state index is 12.6. The lowest BCUT2D eigenvalue weighted by Crippen LogP contribution is -2.33. The molecule has 0 spiro atoms. The molecule has 0 saturated carbocycles.